The van der Waals surface area contributed by atoms with Gasteiger partial charge in [0.1, 0.15) is 5.84 Å². The zero-order valence-corrected chi connectivity index (χ0v) is 33.0. The van der Waals surface area contributed by atoms with Crippen LogP contribution in [0.1, 0.15) is 47.9 Å². The molecular formula is C55H45N3. The predicted octanol–water partition coefficient (Wildman–Crippen LogP) is 14.4. The van der Waals surface area contributed by atoms with Gasteiger partial charge in [-0.15, -0.1) is 0 Å². The number of benzene rings is 6. The standard InChI is InChI=1S/C55H45N3/c1-4-39(41-20-22-43(23-21-41)44-26-24-42(25-27-44)40-12-6-5-7-13-40)36-56-38(3)57-52-16-10-9-15-49(52)51-34-45(29-33-54(51)57)46-28-32-50-48-14-8-11-17-53(48)58(55(50)35-46)47-30-18-37(2)19-31-47/h4-6,8-12,14-36,48,53H,1,7,13H2,2-3H3/b39-36+,56-38?. The van der Waals surface area contributed by atoms with Gasteiger partial charge in [0.05, 0.1) is 17.1 Å². The van der Waals surface area contributed by atoms with E-state index in [0.29, 0.717) is 5.92 Å². The maximum Gasteiger partial charge on any atom is 0.110 e. The minimum atomic E-state index is 0.265. The average Bonchev–Trinajstić information content (AvgIpc) is 3.80. The second-order valence-electron chi connectivity index (χ2n) is 15.6. The SMILES string of the molecule is C=C/C(=C\N=C(C)n1c2ccccc2c2cc(-c3ccc4c(c3)N(c3ccc(C)cc3)C3C=CC=CC43)ccc21)c1ccc(-c2ccc(C3=CC=CCC3)cc2)cc1. The molecule has 10 rings (SSSR count). The molecule has 0 N–H and O–H groups in total. The van der Waals surface area contributed by atoms with Gasteiger partial charge >= 0.3 is 0 Å². The number of aryl methyl sites for hydroxylation is 1. The normalized spacial score (nSPS) is 17.5. The van der Waals surface area contributed by atoms with E-state index in [2.05, 4.69) is 206 Å². The van der Waals surface area contributed by atoms with Crippen LogP contribution in [-0.4, -0.2) is 16.4 Å². The van der Waals surface area contributed by atoms with Crippen LogP contribution in [0.25, 0.3) is 55.2 Å². The van der Waals surface area contributed by atoms with Crippen molar-refractivity contribution in [2.75, 3.05) is 4.90 Å². The summed E-state index contributed by atoms with van der Waals surface area (Å²) in [6, 6.07) is 49.4. The molecule has 2 aliphatic carbocycles. The van der Waals surface area contributed by atoms with E-state index in [9.17, 15) is 0 Å². The molecule has 0 fully saturated rings. The van der Waals surface area contributed by atoms with E-state index in [-0.39, 0.29) is 6.04 Å². The molecule has 280 valence electrons. The van der Waals surface area contributed by atoms with Crippen LogP contribution in [0.2, 0.25) is 0 Å². The van der Waals surface area contributed by atoms with E-state index in [1.165, 1.54) is 66.7 Å². The smallest absolute Gasteiger partial charge is 0.110 e. The molecule has 0 saturated heterocycles. The van der Waals surface area contributed by atoms with Gasteiger partial charge < -0.3 is 4.90 Å². The first kappa shape index (κ1) is 35.4. The third-order valence-corrected chi connectivity index (χ3v) is 12.1. The molecule has 3 heteroatoms. The fraction of sp³-hybridized carbons (Fsp3) is 0.109. The molecule has 58 heavy (non-hydrogen) atoms. The van der Waals surface area contributed by atoms with Crippen molar-refractivity contribution >= 4 is 50.2 Å². The summed E-state index contributed by atoms with van der Waals surface area (Å²) in [6.45, 7) is 8.39. The lowest BCUT2D eigenvalue weighted by Crippen LogP contribution is -2.28. The van der Waals surface area contributed by atoms with Gasteiger partial charge in [-0.05, 0) is 113 Å². The summed E-state index contributed by atoms with van der Waals surface area (Å²) in [6.07, 6.45) is 21.7. The molecule has 1 aliphatic heterocycles. The van der Waals surface area contributed by atoms with Crippen molar-refractivity contribution in [2.45, 2.75) is 38.6 Å². The van der Waals surface area contributed by atoms with Crippen molar-refractivity contribution in [2.24, 2.45) is 4.99 Å². The Hall–Kier alpha value is -6.97. The number of rotatable bonds is 7. The van der Waals surface area contributed by atoms with Gasteiger partial charge in [0.15, 0.2) is 0 Å². The molecule has 7 aromatic rings. The lowest BCUT2D eigenvalue weighted by atomic mass is 9.90. The lowest BCUT2D eigenvalue weighted by Gasteiger charge is -2.29. The molecule has 0 bridgehead atoms. The largest absolute Gasteiger partial charge is 0.333 e. The van der Waals surface area contributed by atoms with Crippen LogP contribution in [-0.2, 0) is 0 Å². The van der Waals surface area contributed by atoms with Crippen LogP contribution in [0.5, 0.6) is 0 Å². The van der Waals surface area contributed by atoms with E-state index in [0.717, 1.165) is 40.8 Å². The number of para-hydroxylation sites is 1. The van der Waals surface area contributed by atoms with Gasteiger partial charge in [-0.1, -0.05) is 158 Å². The van der Waals surface area contributed by atoms with Gasteiger partial charge in [-0.25, -0.2) is 4.99 Å². The fourth-order valence-corrected chi connectivity index (χ4v) is 9.06. The van der Waals surface area contributed by atoms with Crippen LogP contribution >= 0.6 is 0 Å². The Kier molecular flexibility index (Phi) is 9.07. The van der Waals surface area contributed by atoms with Crippen molar-refractivity contribution in [1.29, 1.82) is 0 Å². The Labute approximate surface area is 341 Å². The first-order valence-corrected chi connectivity index (χ1v) is 20.4. The van der Waals surface area contributed by atoms with Gasteiger partial charge in [0, 0.05) is 34.3 Å². The van der Waals surface area contributed by atoms with Crippen LogP contribution in [0, 0.1) is 6.92 Å². The van der Waals surface area contributed by atoms with E-state index in [1.54, 1.807) is 0 Å². The Morgan fingerprint density at radius 2 is 1.38 bits per heavy atom. The summed E-state index contributed by atoms with van der Waals surface area (Å²) in [5, 5.41) is 2.42. The van der Waals surface area contributed by atoms with E-state index >= 15 is 0 Å². The number of hydrogen-bond donors (Lipinski definition) is 0. The monoisotopic (exact) mass is 747 g/mol. The first-order valence-electron chi connectivity index (χ1n) is 20.4. The summed E-state index contributed by atoms with van der Waals surface area (Å²) in [5.74, 6) is 1.23. The number of aliphatic imine (C=N–C) groups is 1. The maximum absolute atomic E-state index is 5.07. The third kappa shape index (κ3) is 6.30. The number of anilines is 2. The van der Waals surface area contributed by atoms with Crippen LogP contribution < -0.4 is 4.90 Å². The fourth-order valence-electron chi connectivity index (χ4n) is 9.06. The van der Waals surface area contributed by atoms with E-state index < -0.39 is 0 Å². The Morgan fingerprint density at radius 1 is 0.690 bits per heavy atom. The zero-order valence-electron chi connectivity index (χ0n) is 33.0. The lowest BCUT2D eigenvalue weighted by molar-refractivity contribution is 0.744. The first-order chi connectivity index (χ1) is 28.5. The van der Waals surface area contributed by atoms with E-state index in [1.807, 2.05) is 12.3 Å². The summed E-state index contributed by atoms with van der Waals surface area (Å²) >= 11 is 0. The van der Waals surface area contributed by atoms with Crippen molar-refractivity contribution in [3.05, 3.63) is 217 Å². The number of fused-ring (bicyclic) bond motifs is 6. The highest BCUT2D eigenvalue weighted by molar-refractivity contribution is 6.15. The van der Waals surface area contributed by atoms with Crippen LogP contribution in [0.3, 0.4) is 0 Å². The Morgan fingerprint density at radius 3 is 2.16 bits per heavy atom. The van der Waals surface area contributed by atoms with Crippen LogP contribution in [0.4, 0.5) is 11.4 Å². The summed E-state index contributed by atoms with van der Waals surface area (Å²) < 4.78 is 2.28. The van der Waals surface area contributed by atoms with Crippen molar-refractivity contribution in [3.63, 3.8) is 0 Å². The molecule has 2 heterocycles. The minimum absolute atomic E-state index is 0.265. The summed E-state index contributed by atoms with van der Waals surface area (Å²) in [5.41, 5.74) is 17.0. The van der Waals surface area contributed by atoms with Crippen LogP contribution in [0.15, 0.2) is 200 Å². The zero-order chi connectivity index (χ0) is 39.2. The molecule has 2 unspecified atom stereocenters. The quantitative estimate of drug-likeness (QED) is 0.0903. The predicted molar refractivity (Wildman–Crippen MR) is 248 cm³/mol. The number of aromatic nitrogens is 1. The van der Waals surface area contributed by atoms with Gasteiger partial charge in [-0.3, -0.25) is 4.57 Å². The molecule has 0 saturated carbocycles. The van der Waals surface area contributed by atoms with Gasteiger partial charge in [0.25, 0.3) is 0 Å². The van der Waals surface area contributed by atoms with E-state index in [4.69, 9.17) is 4.99 Å². The minimum Gasteiger partial charge on any atom is -0.333 e. The molecule has 0 radical (unpaired) electrons. The molecule has 0 spiro atoms. The third-order valence-electron chi connectivity index (χ3n) is 12.1. The molecule has 2 atom stereocenters. The Balaban J connectivity index is 0.962. The molecule has 0 amide bonds. The highest BCUT2D eigenvalue weighted by atomic mass is 15.2. The highest BCUT2D eigenvalue weighted by Crippen LogP contribution is 2.49. The Bertz CT molecular complexity index is 2910. The number of nitrogens with zero attached hydrogens (tertiary/aromatic N) is 3. The van der Waals surface area contributed by atoms with Gasteiger partial charge in [-0.2, -0.15) is 0 Å². The molecular weight excluding hydrogens is 703 g/mol. The second kappa shape index (κ2) is 14.8. The molecule has 3 aliphatic rings. The topological polar surface area (TPSA) is 20.5 Å². The maximum atomic E-state index is 5.07. The van der Waals surface area contributed by atoms with Crippen molar-refractivity contribution in [3.8, 4) is 22.3 Å². The molecule has 6 aromatic carbocycles. The second-order valence-corrected chi connectivity index (χ2v) is 15.6. The van der Waals surface area contributed by atoms with Crippen molar-refractivity contribution in [1.82, 2.24) is 4.57 Å². The van der Waals surface area contributed by atoms with Gasteiger partial charge in [0.2, 0.25) is 0 Å². The average molecular weight is 748 g/mol. The summed E-state index contributed by atoms with van der Waals surface area (Å²) in [4.78, 5) is 7.58. The summed E-state index contributed by atoms with van der Waals surface area (Å²) in [7, 11) is 0. The molecule has 1 aromatic heterocycles. The number of hydrogen-bond acceptors (Lipinski definition) is 2. The molecule has 3 nitrogen and oxygen atoms in total. The number of allylic oxidation sites excluding steroid dienone is 8. The highest BCUT2D eigenvalue weighted by Gasteiger charge is 2.37. The van der Waals surface area contributed by atoms with Crippen molar-refractivity contribution < 1.29 is 0 Å².